The lowest BCUT2D eigenvalue weighted by Gasteiger charge is -2.25. The molecule has 3 aromatic carbocycles. The second-order valence-electron chi connectivity index (χ2n) is 7.32. The van der Waals surface area contributed by atoms with Gasteiger partial charge in [0, 0.05) is 10.2 Å². The van der Waals surface area contributed by atoms with Crippen LogP contribution in [0.3, 0.4) is 0 Å². The Bertz CT molecular complexity index is 1320. The number of hydrogen-bond donors (Lipinski definition) is 0. The van der Waals surface area contributed by atoms with Gasteiger partial charge in [-0.15, -0.1) is 0 Å². The minimum Gasteiger partial charge on any atom is -0.450 e. The van der Waals surface area contributed by atoms with Crippen LogP contribution in [0, 0.1) is 0 Å². The summed E-state index contributed by atoms with van der Waals surface area (Å²) in [5, 5.41) is 0.481. The Kier molecular flexibility index (Phi) is 4.55. The third-order valence-corrected chi connectivity index (χ3v) is 6.11. The fourth-order valence-electron chi connectivity index (χ4n) is 4.04. The zero-order chi connectivity index (χ0) is 20.8. The smallest absolute Gasteiger partial charge is 0.295 e. The number of rotatable bonds is 3. The van der Waals surface area contributed by atoms with Crippen LogP contribution in [0.4, 0.5) is 5.69 Å². The van der Waals surface area contributed by atoms with E-state index in [0.717, 1.165) is 22.1 Å². The maximum Gasteiger partial charge on any atom is 0.295 e. The third kappa shape index (κ3) is 2.89. The highest BCUT2D eigenvalue weighted by Crippen LogP contribution is 2.41. The van der Waals surface area contributed by atoms with Crippen molar-refractivity contribution in [3.63, 3.8) is 0 Å². The Morgan fingerprint density at radius 3 is 2.33 bits per heavy atom. The van der Waals surface area contributed by atoms with Gasteiger partial charge in [-0.2, -0.15) is 0 Å². The fourth-order valence-corrected chi connectivity index (χ4v) is 4.30. The van der Waals surface area contributed by atoms with Crippen LogP contribution >= 0.6 is 15.9 Å². The molecule has 0 spiro atoms. The van der Waals surface area contributed by atoms with Gasteiger partial charge >= 0.3 is 0 Å². The second-order valence-corrected chi connectivity index (χ2v) is 8.24. The van der Waals surface area contributed by atoms with Crippen LogP contribution < -0.4 is 10.3 Å². The predicted molar refractivity (Wildman–Crippen MR) is 121 cm³/mol. The molecule has 5 rings (SSSR count). The van der Waals surface area contributed by atoms with E-state index in [2.05, 4.69) is 22.9 Å². The van der Waals surface area contributed by atoms with Crippen LogP contribution in [0.25, 0.3) is 11.0 Å². The van der Waals surface area contributed by atoms with E-state index in [9.17, 15) is 9.59 Å². The van der Waals surface area contributed by atoms with E-state index in [4.69, 9.17) is 4.42 Å². The van der Waals surface area contributed by atoms with Crippen molar-refractivity contribution in [3.8, 4) is 0 Å². The predicted octanol–water partition coefficient (Wildman–Crippen LogP) is 5.87. The first-order valence-electron chi connectivity index (χ1n) is 9.82. The van der Waals surface area contributed by atoms with Gasteiger partial charge in [-0.1, -0.05) is 59.3 Å². The number of halogens is 1. The Morgan fingerprint density at radius 1 is 0.933 bits per heavy atom. The molecule has 148 valence electrons. The van der Waals surface area contributed by atoms with E-state index in [1.165, 1.54) is 5.56 Å². The molecule has 1 aliphatic heterocycles. The number of fused-ring (bicyclic) bond motifs is 2. The minimum atomic E-state index is -0.547. The number of nitrogens with zero attached hydrogens (tertiary/aromatic N) is 1. The van der Waals surface area contributed by atoms with Crippen molar-refractivity contribution in [2.24, 2.45) is 0 Å². The van der Waals surface area contributed by atoms with Crippen LogP contribution in [0.15, 0.2) is 86.5 Å². The van der Waals surface area contributed by atoms with Crippen molar-refractivity contribution in [1.29, 1.82) is 0 Å². The minimum absolute atomic E-state index is 0.117. The van der Waals surface area contributed by atoms with Crippen LogP contribution in [-0.2, 0) is 6.42 Å². The van der Waals surface area contributed by atoms with E-state index < -0.39 is 6.04 Å². The van der Waals surface area contributed by atoms with E-state index >= 15 is 0 Å². The molecule has 5 heteroatoms. The molecule has 0 bridgehead atoms. The summed E-state index contributed by atoms with van der Waals surface area (Å²) in [6, 6.07) is 22.1. The summed E-state index contributed by atoms with van der Waals surface area (Å²) in [6.07, 6.45) is 0.913. The molecule has 1 aliphatic rings. The molecule has 0 aliphatic carbocycles. The lowest BCUT2D eigenvalue weighted by molar-refractivity contribution is 0.0971. The number of benzene rings is 3. The molecule has 4 aromatic rings. The maximum atomic E-state index is 13.5. The number of amides is 1. The number of carbonyl (C=O) groups excluding carboxylic acids is 1. The lowest BCUT2D eigenvalue weighted by Crippen LogP contribution is -2.29. The fraction of sp³-hybridized carbons (Fsp3) is 0.120. The lowest BCUT2D eigenvalue weighted by atomic mass is 9.98. The van der Waals surface area contributed by atoms with Crippen molar-refractivity contribution in [2.45, 2.75) is 19.4 Å². The normalized spacial score (nSPS) is 15.6. The Hall–Kier alpha value is -3.18. The first kappa shape index (κ1) is 18.8. The van der Waals surface area contributed by atoms with Crippen LogP contribution in [0.5, 0.6) is 0 Å². The number of anilines is 1. The third-order valence-electron chi connectivity index (χ3n) is 5.59. The van der Waals surface area contributed by atoms with Gasteiger partial charge in [0.05, 0.1) is 17.0 Å². The van der Waals surface area contributed by atoms with Gasteiger partial charge in [-0.25, -0.2) is 0 Å². The Labute approximate surface area is 181 Å². The summed E-state index contributed by atoms with van der Waals surface area (Å²) in [5.41, 5.74) is 3.42. The van der Waals surface area contributed by atoms with Crippen molar-refractivity contribution < 1.29 is 9.21 Å². The summed E-state index contributed by atoms with van der Waals surface area (Å²) in [5.74, 6) is -0.184. The van der Waals surface area contributed by atoms with Gasteiger partial charge in [-0.05, 0) is 53.9 Å². The summed E-state index contributed by atoms with van der Waals surface area (Å²) in [4.78, 5) is 28.6. The molecule has 1 atom stereocenters. The maximum absolute atomic E-state index is 13.5. The number of carbonyl (C=O) groups is 1. The Morgan fingerprint density at radius 2 is 1.63 bits per heavy atom. The molecule has 0 fully saturated rings. The highest BCUT2D eigenvalue weighted by atomic mass is 79.9. The van der Waals surface area contributed by atoms with E-state index in [1.54, 1.807) is 29.2 Å². The van der Waals surface area contributed by atoms with Crippen molar-refractivity contribution in [3.05, 3.63) is 110 Å². The largest absolute Gasteiger partial charge is 0.450 e. The average molecular weight is 460 g/mol. The monoisotopic (exact) mass is 459 g/mol. The van der Waals surface area contributed by atoms with Gasteiger partial charge in [-0.3, -0.25) is 14.5 Å². The molecule has 2 heterocycles. The van der Waals surface area contributed by atoms with E-state index in [-0.39, 0.29) is 17.1 Å². The second kappa shape index (κ2) is 7.26. The summed E-state index contributed by atoms with van der Waals surface area (Å²) >= 11 is 3.46. The van der Waals surface area contributed by atoms with Gasteiger partial charge in [0.15, 0.2) is 5.43 Å². The standard InChI is InChI=1S/C25H18BrNO3/c1-2-15-7-13-18(14-8-15)27-22(16-9-11-17(26)12-10-16)21-23(28)19-5-3-4-6-20(19)30-24(21)25(27)29/h3-14,22H,2H2,1H3. The molecule has 30 heavy (non-hydrogen) atoms. The number of para-hydroxylation sites is 1. The van der Waals surface area contributed by atoms with Crippen LogP contribution in [-0.4, -0.2) is 5.91 Å². The van der Waals surface area contributed by atoms with Crippen molar-refractivity contribution in [2.75, 3.05) is 4.90 Å². The van der Waals surface area contributed by atoms with Crippen molar-refractivity contribution in [1.82, 2.24) is 0 Å². The molecule has 0 saturated heterocycles. The van der Waals surface area contributed by atoms with Gasteiger partial charge in [0.25, 0.3) is 5.91 Å². The molecule has 0 N–H and O–H groups in total. The van der Waals surface area contributed by atoms with E-state index in [0.29, 0.717) is 16.5 Å². The molecular formula is C25H18BrNO3. The topological polar surface area (TPSA) is 50.5 Å². The van der Waals surface area contributed by atoms with Crippen LogP contribution in [0.2, 0.25) is 0 Å². The van der Waals surface area contributed by atoms with Crippen molar-refractivity contribution >= 4 is 38.5 Å². The van der Waals surface area contributed by atoms with Gasteiger partial charge in [0.1, 0.15) is 5.58 Å². The molecule has 0 saturated carbocycles. The first-order valence-corrected chi connectivity index (χ1v) is 10.6. The highest BCUT2D eigenvalue weighted by Gasteiger charge is 2.43. The molecule has 1 aromatic heterocycles. The summed E-state index contributed by atoms with van der Waals surface area (Å²) in [6.45, 7) is 2.09. The molecule has 0 radical (unpaired) electrons. The quantitative estimate of drug-likeness (QED) is 0.385. The summed E-state index contributed by atoms with van der Waals surface area (Å²) < 4.78 is 6.90. The number of aryl methyl sites for hydroxylation is 1. The number of hydrogen-bond acceptors (Lipinski definition) is 3. The zero-order valence-corrected chi connectivity index (χ0v) is 17.8. The first-order chi connectivity index (χ1) is 14.6. The molecular weight excluding hydrogens is 442 g/mol. The molecule has 1 unspecified atom stereocenters. The Balaban J connectivity index is 1.78. The SMILES string of the molecule is CCc1ccc(N2C(=O)c3oc4ccccc4c(=O)c3C2c2ccc(Br)cc2)cc1. The zero-order valence-electron chi connectivity index (χ0n) is 16.3. The van der Waals surface area contributed by atoms with Gasteiger partial charge < -0.3 is 4.42 Å². The highest BCUT2D eigenvalue weighted by molar-refractivity contribution is 9.10. The van der Waals surface area contributed by atoms with Gasteiger partial charge in [0.2, 0.25) is 5.76 Å². The molecule has 4 nitrogen and oxygen atoms in total. The van der Waals surface area contributed by atoms with Crippen LogP contribution in [0.1, 0.15) is 40.2 Å². The van der Waals surface area contributed by atoms with E-state index in [1.807, 2.05) is 48.5 Å². The average Bonchev–Trinajstić information content (AvgIpc) is 3.07. The summed E-state index contributed by atoms with van der Waals surface area (Å²) in [7, 11) is 0. The molecule has 1 amide bonds.